The van der Waals surface area contributed by atoms with Crippen molar-refractivity contribution in [2.75, 3.05) is 18.5 Å². The summed E-state index contributed by atoms with van der Waals surface area (Å²) in [5.41, 5.74) is 2.28. The van der Waals surface area contributed by atoms with E-state index in [-0.39, 0.29) is 6.61 Å². The number of aliphatic hydroxyl groups excluding tert-OH is 1. The summed E-state index contributed by atoms with van der Waals surface area (Å²) in [5.74, 6) is 0.588. The summed E-state index contributed by atoms with van der Waals surface area (Å²) in [5, 5.41) is 13.7. The molecule has 0 aliphatic rings. The van der Waals surface area contributed by atoms with E-state index in [0.717, 1.165) is 12.1 Å². The van der Waals surface area contributed by atoms with Gasteiger partial charge in [0, 0.05) is 12.2 Å². The maximum Gasteiger partial charge on any atom is 0.138 e. The maximum atomic E-state index is 9.93. The molecule has 2 rings (SSSR count). The Morgan fingerprint density at radius 3 is 2.52 bits per heavy atom. The average molecular weight is 306 g/mol. The molecule has 2 N–H and O–H groups in total. The number of aliphatic hydroxyl groups is 1. The molecule has 0 spiro atoms. The topological polar surface area (TPSA) is 41.5 Å². The van der Waals surface area contributed by atoms with E-state index in [1.165, 1.54) is 5.56 Å². The van der Waals surface area contributed by atoms with Crippen LogP contribution in [0.15, 0.2) is 48.5 Å². The quantitative estimate of drug-likeness (QED) is 0.818. The Bertz CT molecular complexity index is 557. The highest BCUT2D eigenvalue weighted by molar-refractivity contribution is 6.32. The highest BCUT2D eigenvalue weighted by atomic mass is 35.5. The van der Waals surface area contributed by atoms with Crippen molar-refractivity contribution in [2.45, 2.75) is 19.4 Å². The van der Waals surface area contributed by atoms with Crippen molar-refractivity contribution in [1.82, 2.24) is 0 Å². The summed E-state index contributed by atoms with van der Waals surface area (Å²) >= 11 is 5.99. The van der Waals surface area contributed by atoms with Crippen LogP contribution in [0, 0.1) is 0 Å². The number of aryl methyl sites for hydroxylation is 1. The van der Waals surface area contributed by atoms with Gasteiger partial charge in [0.1, 0.15) is 18.5 Å². The second kappa shape index (κ2) is 7.91. The number of hydrogen-bond donors (Lipinski definition) is 2. The van der Waals surface area contributed by atoms with Crippen molar-refractivity contribution in [2.24, 2.45) is 0 Å². The third kappa shape index (κ3) is 4.96. The Morgan fingerprint density at radius 2 is 1.86 bits per heavy atom. The number of halogens is 1. The standard InChI is InChI=1S/C17H20ClNO2/c1-2-13-7-9-14(10-8-13)19-11-15(20)12-21-17-6-4-3-5-16(17)18/h3-10,15,19-20H,2,11-12H2,1H3. The van der Waals surface area contributed by atoms with Gasteiger partial charge in [-0.1, -0.05) is 42.8 Å². The second-order valence-corrected chi connectivity index (χ2v) is 5.23. The minimum absolute atomic E-state index is 0.198. The molecule has 0 saturated carbocycles. The van der Waals surface area contributed by atoms with Gasteiger partial charge >= 0.3 is 0 Å². The molecule has 0 bridgehead atoms. The Morgan fingerprint density at radius 1 is 1.14 bits per heavy atom. The number of rotatable bonds is 7. The Kier molecular flexibility index (Phi) is 5.90. The molecule has 3 nitrogen and oxygen atoms in total. The van der Waals surface area contributed by atoms with Gasteiger partial charge in [0.15, 0.2) is 0 Å². The summed E-state index contributed by atoms with van der Waals surface area (Å²) in [6, 6.07) is 15.4. The lowest BCUT2D eigenvalue weighted by Crippen LogP contribution is -2.26. The molecule has 2 aromatic carbocycles. The van der Waals surface area contributed by atoms with Gasteiger partial charge in [-0.05, 0) is 36.2 Å². The van der Waals surface area contributed by atoms with Crippen LogP contribution >= 0.6 is 11.6 Å². The monoisotopic (exact) mass is 305 g/mol. The number of benzene rings is 2. The predicted octanol–water partition coefficient (Wildman–Crippen LogP) is 3.75. The first kappa shape index (κ1) is 15.7. The second-order valence-electron chi connectivity index (χ2n) is 4.83. The van der Waals surface area contributed by atoms with E-state index in [4.69, 9.17) is 16.3 Å². The smallest absolute Gasteiger partial charge is 0.138 e. The Labute approximate surface area is 130 Å². The van der Waals surface area contributed by atoms with Crippen molar-refractivity contribution in [3.8, 4) is 5.75 Å². The normalized spacial score (nSPS) is 12.0. The molecule has 0 aromatic heterocycles. The van der Waals surface area contributed by atoms with Crippen molar-refractivity contribution in [3.63, 3.8) is 0 Å². The molecule has 0 fully saturated rings. The highest BCUT2D eigenvalue weighted by Crippen LogP contribution is 2.23. The number of para-hydroxylation sites is 1. The lowest BCUT2D eigenvalue weighted by atomic mass is 10.1. The molecule has 4 heteroatoms. The largest absolute Gasteiger partial charge is 0.489 e. The number of nitrogens with one attached hydrogen (secondary N) is 1. The van der Waals surface area contributed by atoms with Gasteiger partial charge in [0.25, 0.3) is 0 Å². The van der Waals surface area contributed by atoms with Crippen LogP contribution in [-0.2, 0) is 6.42 Å². The molecular weight excluding hydrogens is 286 g/mol. The van der Waals surface area contributed by atoms with E-state index in [1.54, 1.807) is 12.1 Å². The van der Waals surface area contributed by atoms with Crippen LogP contribution in [0.4, 0.5) is 5.69 Å². The fourth-order valence-corrected chi connectivity index (χ4v) is 2.09. The molecule has 21 heavy (non-hydrogen) atoms. The van der Waals surface area contributed by atoms with E-state index < -0.39 is 6.10 Å². The third-order valence-electron chi connectivity index (χ3n) is 3.17. The van der Waals surface area contributed by atoms with Crippen LogP contribution in [0.2, 0.25) is 5.02 Å². The van der Waals surface area contributed by atoms with Crippen LogP contribution in [0.25, 0.3) is 0 Å². The molecule has 2 aromatic rings. The van der Waals surface area contributed by atoms with Gasteiger partial charge in [0.05, 0.1) is 5.02 Å². The van der Waals surface area contributed by atoms with Gasteiger partial charge in [-0.15, -0.1) is 0 Å². The lowest BCUT2D eigenvalue weighted by molar-refractivity contribution is 0.117. The van der Waals surface area contributed by atoms with E-state index >= 15 is 0 Å². The third-order valence-corrected chi connectivity index (χ3v) is 3.48. The minimum atomic E-state index is -0.605. The predicted molar refractivity (Wildman–Crippen MR) is 87.3 cm³/mol. The summed E-state index contributed by atoms with van der Waals surface area (Å²) < 4.78 is 5.50. The van der Waals surface area contributed by atoms with Crippen LogP contribution in [0.1, 0.15) is 12.5 Å². The molecular formula is C17H20ClNO2. The summed E-state index contributed by atoms with van der Waals surface area (Å²) in [6.07, 6.45) is 0.418. The molecule has 0 aliphatic carbocycles. The number of anilines is 1. The van der Waals surface area contributed by atoms with Gasteiger partial charge < -0.3 is 15.2 Å². The molecule has 0 radical (unpaired) electrons. The molecule has 0 aliphatic heterocycles. The van der Waals surface area contributed by atoms with Crippen molar-refractivity contribution >= 4 is 17.3 Å². The lowest BCUT2D eigenvalue weighted by Gasteiger charge is -2.14. The Hall–Kier alpha value is -1.71. The highest BCUT2D eigenvalue weighted by Gasteiger charge is 2.07. The van der Waals surface area contributed by atoms with Gasteiger partial charge in [0.2, 0.25) is 0 Å². The van der Waals surface area contributed by atoms with E-state index in [1.807, 2.05) is 24.3 Å². The maximum absolute atomic E-state index is 9.93. The van der Waals surface area contributed by atoms with Gasteiger partial charge in [-0.2, -0.15) is 0 Å². The molecule has 112 valence electrons. The Balaban J connectivity index is 1.76. The zero-order chi connectivity index (χ0) is 15.1. The van der Waals surface area contributed by atoms with Crippen molar-refractivity contribution in [3.05, 3.63) is 59.1 Å². The molecule has 0 saturated heterocycles. The van der Waals surface area contributed by atoms with E-state index in [0.29, 0.717) is 17.3 Å². The van der Waals surface area contributed by atoms with Crippen LogP contribution in [0.5, 0.6) is 5.75 Å². The van der Waals surface area contributed by atoms with Crippen LogP contribution < -0.4 is 10.1 Å². The number of hydrogen-bond acceptors (Lipinski definition) is 3. The zero-order valence-electron chi connectivity index (χ0n) is 12.1. The first-order chi connectivity index (χ1) is 10.2. The van der Waals surface area contributed by atoms with Crippen molar-refractivity contribution in [1.29, 1.82) is 0 Å². The fourth-order valence-electron chi connectivity index (χ4n) is 1.90. The van der Waals surface area contributed by atoms with Crippen LogP contribution in [0.3, 0.4) is 0 Å². The van der Waals surface area contributed by atoms with Gasteiger partial charge in [-0.25, -0.2) is 0 Å². The molecule has 0 amide bonds. The first-order valence-corrected chi connectivity index (χ1v) is 7.45. The SMILES string of the molecule is CCc1ccc(NCC(O)COc2ccccc2Cl)cc1. The van der Waals surface area contributed by atoms with E-state index in [9.17, 15) is 5.11 Å². The van der Waals surface area contributed by atoms with Gasteiger partial charge in [-0.3, -0.25) is 0 Å². The summed E-state index contributed by atoms with van der Waals surface area (Å²) in [6.45, 7) is 2.75. The first-order valence-electron chi connectivity index (χ1n) is 7.07. The molecule has 1 unspecified atom stereocenters. The zero-order valence-corrected chi connectivity index (χ0v) is 12.8. The fraction of sp³-hybridized carbons (Fsp3) is 0.294. The average Bonchev–Trinajstić information content (AvgIpc) is 2.52. The summed E-state index contributed by atoms with van der Waals surface area (Å²) in [4.78, 5) is 0. The number of ether oxygens (including phenoxy) is 1. The summed E-state index contributed by atoms with van der Waals surface area (Å²) in [7, 11) is 0. The minimum Gasteiger partial charge on any atom is -0.489 e. The molecule has 1 atom stereocenters. The molecule has 0 heterocycles. The van der Waals surface area contributed by atoms with Crippen LogP contribution in [-0.4, -0.2) is 24.4 Å². The van der Waals surface area contributed by atoms with E-state index in [2.05, 4.69) is 24.4 Å². The van der Waals surface area contributed by atoms with Crippen molar-refractivity contribution < 1.29 is 9.84 Å².